The number of rotatable bonds is 3. The van der Waals surface area contributed by atoms with Gasteiger partial charge in [-0.3, -0.25) is 0 Å². The number of carbonyl (C=O) groups is 1. The van der Waals surface area contributed by atoms with E-state index < -0.39 is 0 Å². The third-order valence-electron chi connectivity index (χ3n) is 2.88. The fourth-order valence-electron chi connectivity index (χ4n) is 2.09. The topological polar surface area (TPSA) is 31.2 Å². The van der Waals surface area contributed by atoms with Gasteiger partial charge in [0, 0.05) is 23.1 Å². The highest BCUT2D eigenvalue weighted by atomic mass is 16.5. The molecule has 0 fully saturated rings. The van der Waals surface area contributed by atoms with Crippen LogP contribution in [-0.2, 0) is 4.74 Å². The van der Waals surface area contributed by atoms with E-state index in [1.54, 1.807) is 0 Å². The van der Waals surface area contributed by atoms with Gasteiger partial charge in [-0.15, -0.1) is 0 Å². The number of carbonyl (C=O) groups excluding carboxylic acids is 1. The predicted octanol–water partition coefficient (Wildman–Crippen LogP) is 3.79. The molecule has 0 radical (unpaired) electrons. The molecule has 0 saturated carbocycles. The summed E-state index contributed by atoms with van der Waals surface area (Å²) in [6.07, 6.45) is 1.92. The Labute approximate surface area is 107 Å². The Balaban J connectivity index is 2.50. The highest BCUT2D eigenvalue weighted by molar-refractivity contribution is 6.04. The van der Waals surface area contributed by atoms with Crippen LogP contribution < -0.4 is 0 Å². The van der Waals surface area contributed by atoms with Crippen LogP contribution in [0.15, 0.2) is 30.5 Å². The third-order valence-corrected chi connectivity index (χ3v) is 2.88. The third kappa shape index (κ3) is 2.26. The number of hydrogen-bond donors (Lipinski definition) is 0. The molecule has 0 unspecified atom stereocenters. The van der Waals surface area contributed by atoms with Gasteiger partial charge >= 0.3 is 5.97 Å². The lowest BCUT2D eigenvalue weighted by Crippen LogP contribution is -2.11. The summed E-state index contributed by atoms with van der Waals surface area (Å²) in [5.41, 5.74) is 1.71. The number of hydrogen-bond acceptors (Lipinski definition) is 2. The summed E-state index contributed by atoms with van der Waals surface area (Å²) < 4.78 is 7.42. The first-order chi connectivity index (χ1) is 8.50. The summed E-state index contributed by atoms with van der Waals surface area (Å²) in [6.45, 7) is 7.96. The van der Waals surface area contributed by atoms with E-state index >= 15 is 0 Å². The summed E-state index contributed by atoms with van der Waals surface area (Å²) in [6, 6.07) is 8.10. The van der Waals surface area contributed by atoms with Crippen LogP contribution in [0.2, 0.25) is 0 Å². The first-order valence-corrected chi connectivity index (χ1v) is 6.31. The van der Waals surface area contributed by atoms with Gasteiger partial charge in [-0.1, -0.05) is 6.07 Å². The Kier molecular flexibility index (Phi) is 3.41. The molecule has 0 amide bonds. The maximum atomic E-state index is 12.0. The second-order valence-electron chi connectivity index (χ2n) is 5.01. The van der Waals surface area contributed by atoms with E-state index in [2.05, 4.69) is 18.4 Å². The van der Waals surface area contributed by atoms with Crippen molar-refractivity contribution < 1.29 is 9.53 Å². The van der Waals surface area contributed by atoms with Crippen LogP contribution in [0.3, 0.4) is 0 Å². The average molecular weight is 245 g/mol. The van der Waals surface area contributed by atoms with E-state index in [0.717, 1.165) is 10.9 Å². The summed E-state index contributed by atoms with van der Waals surface area (Å²) >= 11 is 0. The Bertz CT molecular complexity index is 567. The van der Waals surface area contributed by atoms with Gasteiger partial charge in [-0.25, -0.2) is 4.79 Å². The van der Waals surface area contributed by atoms with Crippen LogP contribution in [0.25, 0.3) is 10.9 Å². The van der Waals surface area contributed by atoms with Gasteiger partial charge in [0.25, 0.3) is 0 Å². The zero-order valence-electron chi connectivity index (χ0n) is 11.3. The fraction of sp³-hybridized carbons (Fsp3) is 0.400. The van der Waals surface area contributed by atoms with Gasteiger partial charge in [0.05, 0.1) is 11.7 Å². The lowest BCUT2D eigenvalue weighted by molar-refractivity contribution is 0.0380. The largest absolute Gasteiger partial charge is 0.459 e. The Morgan fingerprint density at radius 3 is 2.50 bits per heavy atom. The lowest BCUT2D eigenvalue weighted by Gasteiger charge is -2.11. The molecule has 0 atom stereocenters. The molecule has 0 N–H and O–H groups in total. The van der Waals surface area contributed by atoms with Crippen molar-refractivity contribution in [2.45, 2.75) is 39.8 Å². The van der Waals surface area contributed by atoms with Gasteiger partial charge in [-0.05, 0) is 45.9 Å². The molecule has 3 heteroatoms. The SMILES string of the molecule is CC(C)OC(=O)c1cccc2c1ccn2C(C)C. The van der Waals surface area contributed by atoms with Crippen LogP contribution in [0.5, 0.6) is 0 Å². The van der Waals surface area contributed by atoms with Crippen molar-refractivity contribution >= 4 is 16.9 Å². The first-order valence-electron chi connectivity index (χ1n) is 6.31. The smallest absolute Gasteiger partial charge is 0.339 e. The monoisotopic (exact) mass is 245 g/mol. The van der Waals surface area contributed by atoms with Crippen LogP contribution in [-0.4, -0.2) is 16.6 Å². The number of esters is 1. The Hall–Kier alpha value is -1.77. The molecule has 18 heavy (non-hydrogen) atoms. The van der Waals surface area contributed by atoms with Crippen LogP contribution >= 0.6 is 0 Å². The predicted molar refractivity (Wildman–Crippen MR) is 72.9 cm³/mol. The highest BCUT2D eigenvalue weighted by Gasteiger charge is 2.15. The van der Waals surface area contributed by atoms with Crippen molar-refractivity contribution in [2.24, 2.45) is 0 Å². The second kappa shape index (κ2) is 4.84. The molecule has 3 nitrogen and oxygen atoms in total. The fourth-order valence-corrected chi connectivity index (χ4v) is 2.09. The molecule has 0 aliphatic carbocycles. The second-order valence-corrected chi connectivity index (χ2v) is 5.01. The van der Waals surface area contributed by atoms with Crippen LogP contribution in [0.4, 0.5) is 0 Å². The minimum absolute atomic E-state index is 0.0973. The quantitative estimate of drug-likeness (QED) is 0.770. The number of benzene rings is 1. The van der Waals surface area contributed by atoms with Crippen LogP contribution in [0, 0.1) is 0 Å². The van der Waals surface area contributed by atoms with Gasteiger partial charge in [0.2, 0.25) is 0 Å². The molecule has 0 aliphatic heterocycles. The van der Waals surface area contributed by atoms with E-state index in [1.807, 2.05) is 44.3 Å². The van der Waals surface area contributed by atoms with E-state index in [-0.39, 0.29) is 12.1 Å². The minimum atomic E-state index is -0.253. The molecule has 96 valence electrons. The Morgan fingerprint density at radius 1 is 1.17 bits per heavy atom. The molecule has 1 heterocycles. The summed E-state index contributed by atoms with van der Waals surface area (Å²) in [5, 5.41) is 0.955. The van der Waals surface area contributed by atoms with Gasteiger partial charge in [0.1, 0.15) is 0 Å². The molecule has 1 aromatic heterocycles. The summed E-state index contributed by atoms with van der Waals surface area (Å²) in [7, 11) is 0. The molecule has 0 spiro atoms. The van der Waals surface area contributed by atoms with E-state index in [1.165, 1.54) is 0 Å². The van der Waals surface area contributed by atoms with Crippen molar-refractivity contribution in [3.63, 3.8) is 0 Å². The summed E-state index contributed by atoms with van der Waals surface area (Å²) in [4.78, 5) is 12.0. The maximum absolute atomic E-state index is 12.0. The normalized spacial score (nSPS) is 11.4. The number of nitrogens with zero attached hydrogens (tertiary/aromatic N) is 1. The van der Waals surface area contributed by atoms with Crippen molar-refractivity contribution in [3.8, 4) is 0 Å². The highest BCUT2D eigenvalue weighted by Crippen LogP contribution is 2.24. The number of fused-ring (bicyclic) bond motifs is 1. The van der Waals surface area contributed by atoms with E-state index in [0.29, 0.717) is 11.6 Å². The molecular weight excluding hydrogens is 226 g/mol. The first kappa shape index (κ1) is 12.7. The molecule has 2 aromatic rings. The van der Waals surface area contributed by atoms with E-state index in [9.17, 15) is 4.79 Å². The molecule has 0 bridgehead atoms. The zero-order valence-corrected chi connectivity index (χ0v) is 11.3. The molecule has 2 rings (SSSR count). The summed E-state index contributed by atoms with van der Waals surface area (Å²) in [5.74, 6) is -0.253. The van der Waals surface area contributed by atoms with Gasteiger partial charge in [-0.2, -0.15) is 0 Å². The molecule has 0 saturated heterocycles. The van der Waals surface area contributed by atoms with Crippen molar-refractivity contribution in [1.29, 1.82) is 0 Å². The van der Waals surface area contributed by atoms with Crippen LogP contribution in [0.1, 0.15) is 44.1 Å². The zero-order chi connectivity index (χ0) is 13.3. The maximum Gasteiger partial charge on any atom is 0.339 e. The van der Waals surface area contributed by atoms with Crippen molar-refractivity contribution in [2.75, 3.05) is 0 Å². The Morgan fingerprint density at radius 2 is 1.89 bits per heavy atom. The van der Waals surface area contributed by atoms with Crippen molar-refractivity contribution in [1.82, 2.24) is 4.57 Å². The van der Waals surface area contributed by atoms with E-state index in [4.69, 9.17) is 4.74 Å². The van der Waals surface area contributed by atoms with Gasteiger partial charge < -0.3 is 9.30 Å². The lowest BCUT2D eigenvalue weighted by atomic mass is 10.1. The average Bonchev–Trinajstić information content (AvgIpc) is 2.71. The number of aromatic nitrogens is 1. The standard InChI is InChI=1S/C15H19NO2/c1-10(2)16-9-8-12-13(6-5-7-14(12)16)15(17)18-11(3)4/h5-11H,1-4H3. The minimum Gasteiger partial charge on any atom is -0.459 e. The van der Waals surface area contributed by atoms with Crippen molar-refractivity contribution in [3.05, 3.63) is 36.0 Å². The molecule has 1 aromatic carbocycles. The molecule has 0 aliphatic rings. The number of ether oxygens (including phenoxy) is 1. The van der Waals surface area contributed by atoms with Gasteiger partial charge in [0.15, 0.2) is 0 Å². The molecular formula is C15H19NO2.